The Hall–Kier alpha value is -17.6. The van der Waals surface area contributed by atoms with Crippen LogP contribution in [0.2, 0.25) is 0 Å². The van der Waals surface area contributed by atoms with Crippen LogP contribution in [0.1, 0.15) is 0 Å². The molecule has 27 rings (SSSR count). The molecule has 0 radical (unpaired) electrons. The van der Waals surface area contributed by atoms with E-state index in [9.17, 15) is 0 Å². The van der Waals surface area contributed by atoms with Crippen molar-refractivity contribution in [3.8, 4) is 101 Å². The molecule has 0 aliphatic carbocycles. The first-order valence-corrected chi connectivity index (χ1v) is 45.4. The molecular formula is C126H84N6. The van der Waals surface area contributed by atoms with Gasteiger partial charge in [-0.05, 0) is 201 Å². The van der Waals surface area contributed by atoms with Gasteiger partial charge in [0.2, 0.25) is 0 Å². The zero-order valence-electron chi connectivity index (χ0n) is 72.2. The van der Waals surface area contributed by atoms with Gasteiger partial charge in [0.15, 0.2) is 0 Å². The molecule has 6 heteroatoms. The molecule has 0 bridgehead atoms. The van der Waals surface area contributed by atoms with Crippen molar-refractivity contribution in [2.45, 2.75) is 0 Å². The number of nitrogens with zero attached hydrogens (tertiary/aromatic N) is 6. The summed E-state index contributed by atoms with van der Waals surface area (Å²) in [5.74, 6) is 0. The predicted molar refractivity (Wildman–Crippen MR) is 558 cm³/mol. The van der Waals surface area contributed by atoms with Gasteiger partial charge in [-0.2, -0.15) is 0 Å². The molecule has 6 aromatic heterocycles. The topological polar surface area (TPSA) is 29.6 Å². The van der Waals surface area contributed by atoms with Crippen molar-refractivity contribution in [3.63, 3.8) is 0 Å². The second-order valence-electron chi connectivity index (χ2n) is 34.2. The SMILES string of the molecule is c1ccc(-c2cc(-c3ccccc3)cc(-n3c4ccccc4c4cc(-n5c6ccccc6c6ccccc65)ccc43)c2)cc1.c1ccc(-c2ccc(-c3ccccc3)c(-n3c4ccccc4c4cc(-n5c6ccccc6c6ccccc65)ccc43)c2)cc1.c1ccc(-c2ccc(-n3c4ccccc4c4cc(-n5c6ccccc6c6ccccc65)ccc43)c(-c3ccccc3)c2)cc1. The van der Waals surface area contributed by atoms with E-state index in [0.717, 1.165) is 5.69 Å². The number of benzene rings is 21. The molecule has 0 aliphatic heterocycles. The zero-order valence-corrected chi connectivity index (χ0v) is 72.2. The van der Waals surface area contributed by atoms with Crippen LogP contribution in [0.25, 0.3) is 232 Å². The Balaban J connectivity index is 0.000000106. The monoisotopic (exact) mass is 1680 g/mol. The van der Waals surface area contributed by atoms with Gasteiger partial charge < -0.3 is 27.4 Å². The molecule has 0 unspecified atom stereocenters. The summed E-state index contributed by atoms with van der Waals surface area (Å²) in [5, 5.41) is 15.1. The second-order valence-corrected chi connectivity index (χ2v) is 34.2. The summed E-state index contributed by atoms with van der Waals surface area (Å²) < 4.78 is 14.5. The summed E-state index contributed by atoms with van der Waals surface area (Å²) >= 11 is 0. The zero-order chi connectivity index (χ0) is 87.1. The maximum atomic E-state index is 2.45. The normalized spacial score (nSPS) is 11.6. The summed E-state index contributed by atoms with van der Waals surface area (Å²) in [5.41, 5.74) is 36.0. The van der Waals surface area contributed by atoms with Crippen LogP contribution in [0.3, 0.4) is 0 Å². The molecule has 6 heterocycles. The van der Waals surface area contributed by atoms with E-state index in [1.165, 1.54) is 226 Å². The van der Waals surface area contributed by atoms with Crippen molar-refractivity contribution in [3.05, 3.63) is 510 Å². The lowest BCUT2D eigenvalue weighted by atomic mass is 9.97. The molecule has 0 spiro atoms. The lowest BCUT2D eigenvalue weighted by molar-refractivity contribution is 1.17. The lowest BCUT2D eigenvalue weighted by Gasteiger charge is -2.16. The molecule has 27 aromatic rings. The molecule has 0 aliphatic rings. The molecule has 0 atom stereocenters. The third-order valence-electron chi connectivity index (χ3n) is 26.7. The first-order chi connectivity index (χ1) is 65.5. The molecule has 0 saturated heterocycles. The Morgan fingerprint density at radius 3 is 0.652 bits per heavy atom. The highest BCUT2D eigenvalue weighted by atomic mass is 15.0. The van der Waals surface area contributed by atoms with E-state index in [1.54, 1.807) is 0 Å². The Morgan fingerprint density at radius 1 is 0.0985 bits per heavy atom. The minimum absolute atomic E-state index is 1.15. The standard InChI is InChI=1S/3C42H28N2/c1-3-13-29(14-4-1)31-23-25-33(30-15-5-2-6-16-30)42(27-31)44-40-22-12-9-19-36(40)37-28-32(24-26-41(37)44)43-38-20-10-7-17-34(38)35-18-8-11-21-39(35)43;1-3-13-29(14-4-1)31-23-25-41(36(27-31)30-15-5-2-6-16-30)44-40-22-12-9-19-35(40)37-28-32(24-26-42(37)44)43-38-20-10-7-17-33(38)34-18-8-11-21-39(34)43;1-3-13-29(14-4-1)31-25-32(30-15-5-2-6-16-30)27-34(26-31)44-41-22-12-9-19-37(41)38-28-33(23-24-42(38)44)43-39-20-10-7-17-35(39)36-18-8-11-21-40(36)43/h3*1-28H. The van der Waals surface area contributed by atoms with Crippen LogP contribution >= 0.6 is 0 Å². The Labute approximate surface area is 763 Å². The minimum Gasteiger partial charge on any atom is -0.309 e. The number of rotatable bonds is 12. The summed E-state index contributed by atoms with van der Waals surface area (Å²) in [6, 6.07) is 184. The van der Waals surface area contributed by atoms with Gasteiger partial charge in [0.25, 0.3) is 0 Å². The van der Waals surface area contributed by atoms with Gasteiger partial charge in [0, 0.05) is 98.5 Å². The largest absolute Gasteiger partial charge is 0.309 e. The smallest absolute Gasteiger partial charge is 0.0546 e. The van der Waals surface area contributed by atoms with E-state index in [-0.39, 0.29) is 0 Å². The third-order valence-corrected chi connectivity index (χ3v) is 26.7. The van der Waals surface area contributed by atoms with Gasteiger partial charge in [-0.1, -0.05) is 364 Å². The van der Waals surface area contributed by atoms with Crippen molar-refractivity contribution in [1.82, 2.24) is 27.4 Å². The van der Waals surface area contributed by atoms with Crippen LogP contribution in [-0.2, 0) is 0 Å². The highest BCUT2D eigenvalue weighted by Crippen LogP contribution is 2.46. The van der Waals surface area contributed by atoms with Crippen LogP contribution < -0.4 is 0 Å². The molecule has 0 fully saturated rings. The summed E-state index contributed by atoms with van der Waals surface area (Å²) in [7, 11) is 0. The predicted octanol–water partition coefficient (Wildman–Crippen LogP) is 33.6. The van der Waals surface area contributed by atoms with Gasteiger partial charge in [-0.3, -0.25) is 0 Å². The highest BCUT2D eigenvalue weighted by Gasteiger charge is 2.25. The van der Waals surface area contributed by atoms with Gasteiger partial charge in [-0.25, -0.2) is 0 Å². The number of fused-ring (bicyclic) bond motifs is 18. The Bertz CT molecular complexity index is 8910. The molecule has 618 valence electrons. The summed E-state index contributed by atoms with van der Waals surface area (Å²) in [6.07, 6.45) is 0. The van der Waals surface area contributed by atoms with Crippen molar-refractivity contribution >= 4 is 131 Å². The van der Waals surface area contributed by atoms with Gasteiger partial charge >= 0.3 is 0 Å². The van der Waals surface area contributed by atoms with E-state index in [0.29, 0.717) is 0 Å². The third kappa shape index (κ3) is 13.1. The minimum atomic E-state index is 1.15. The van der Waals surface area contributed by atoms with E-state index in [4.69, 9.17) is 0 Å². The molecule has 0 saturated carbocycles. The molecule has 6 nitrogen and oxygen atoms in total. The number of hydrogen-bond donors (Lipinski definition) is 0. The van der Waals surface area contributed by atoms with Crippen molar-refractivity contribution in [2.24, 2.45) is 0 Å². The number of para-hydroxylation sites is 9. The fourth-order valence-electron chi connectivity index (χ4n) is 20.8. The van der Waals surface area contributed by atoms with Crippen molar-refractivity contribution in [1.29, 1.82) is 0 Å². The Kier molecular flexibility index (Phi) is 18.8. The van der Waals surface area contributed by atoms with E-state index >= 15 is 0 Å². The van der Waals surface area contributed by atoms with E-state index in [1.807, 2.05) is 0 Å². The summed E-state index contributed by atoms with van der Waals surface area (Å²) in [4.78, 5) is 0. The summed E-state index contributed by atoms with van der Waals surface area (Å²) in [6.45, 7) is 0. The van der Waals surface area contributed by atoms with Crippen LogP contribution in [-0.4, -0.2) is 27.4 Å². The first-order valence-electron chi connectivity index (χ1n) is 45.4. The maximum Gasteiger partial charge on any atom is 0.0546 e. The van der Waals surface area contributed by atoms with Gasteiger partial charge in [0.05, 0.1) is 77.6 Å². The van der Waals surface area contributed by atoms with E-state index in [2.05, 4.69) is 537 Å². The molecule has 0 N–H and O–H groups in total. The van der Waals surface area contributed by atoms with Gasteiger partial charge in [0.1, 0.15) is 0 Å². The number of aromatic nitrogens is 6. The highest BCUT2D eigenvalue weighted by molar-refractivity contribution is 6.17. The maximum absolute atomic E-state index is 2.45. The number of hydrogen-bond acceptors (Lipinski definition) is 0. The quantitative estimate of drug-likeness (QED) is 0.117. The fourth-order valence-corrected chi connectivity index (χ4v) is 20.8. The van der Waals surface area contributed by atoms with E-state index < -0.39 is 0 Å². The Morgan fingerprint density at radius 2 is 0.326 bits per heavy atom. The van der Waals surface area contributed by atoms with Crippen LogP contribution in [0.4, 0.5) is 0 Å². The fraction of sp³-hybridized carbons (Fsp3) is 0. The van der Waals surface area contributed by atoms with Crippen molar-refractivity contribution in [2.75, 3.05) is 0 Å². The van der Waals surface area contributed by atoms with Gasteiger partial charge in [-0.15, -0.1) is 0 Å². The molecular weight excluding hydrogens is 1600 g/mol. The first kappa shape index (κ1) is 76.8. The second kappa shape index (κ2) is 32.4. The molecule has 132 heavy (non-hydrogen) atoms. The average molecular weight is 1680 g/mol. The van der Waals surface area contributed by atoms with Crippen LogP contribution in [0.15, 0.2) is 510 Å². The van der Waals surface area contributed by atoms with Crippen molar-refractivity contribution < 1.29 is 0 Å². The molecule has 0 amide bonds. The van der Waals surface area contributed by atoms with Crippen LogP contribution in [0.5, 0.6) is 0 Å². The average Bonchev–Trinajstić information content (AvgIpc) is 1.58. The van der Waals surface area contributed by atoms with Crippen LogP contribution in [0, 0.1) is 0 Å². The molecule has 21 aromatic carbocycles. The lowest BCUT2D eigenvalue weighted by Crippen LogP contribution is -1.99.